The molecule has 1 aromatic carbocycles. The lowest BCUT2D eigenvalue weighted by atomic mass is 9.95. The molecule has 1 fully saturated rings. The summed E-state index contributed by atoms with van der Waals surface area (Å²) in [4.78, 5) is 10.2. The minimum absolute atomic E-state index is 0.0661. The van der Waals surface area contributed by atoms with Gasteiger partial charge in [-0.1, -0.05) is 15.9 Å². The molecule has 0 amide bonds. The molecule has 0 aliphatic heterocycles. The molecule has 0 heterocycles. The Bertz CT molecular complexity index is 458. The zero-order valence-corrected chi connectivity index (χ0v) is 12.0. The fourth-order valence-corrected chi connectivity index (χ4v) is 2.67. The third kappa shape index (κ3) is 3.99. The fraction of sp³-hybridized carbons (Fsp3) is 0.538. The van der Waals surface area contributed by atoms with Gasteiger partial charge in [0.05, 0.1) is 23.7 Å². The molecule has 0 atom stereocenters. The van der Waals surface area contributed by atoms with E-state index in [1.165, 1.54) is 12.1 Å². The molecule has 1 aromatic rings. The Morgan fingerprint density at radius 2 is 2.05 bits per heavy atom. The number of halogens is 1. The molecule has 0 radical (unpaired) electrons. The molecular formula is C13H16BrNO4. The normalized spacial score (nSPS) is 23.3. The van der Waals surface area contributed by atoms with Gasteiger partial charge in [0, 0.05) is 16.6 Å². The minimum Gasteiger partial charge on any atom is -0.393 e. The van der Waals surface area contributed by atoms with Gasteiger partial charge in [-0.3, -0.25) is 10.1 Å². The number of non-ortho nitro benzene ring substituents is 1. The summed E-state index contributed by atoms with van der Waals surface area (Å²) in [6.45, 7) is 0.430. The number of ether oxygens (including phenoxy) is 1. The molecule has 1 aliphatic carbocycles. The highest BCUT2D eigenvalue weighted by Crippen LogP contribution is 2.26. The van der Waals surface area contributed by atoms with Gasteiger partial charge in [-0.05, 0) is 37.3 Å². The van der Waals surface area contributed by atoms with Crippen molar-refractivity contribution in [1.29, 1.82) is 0 Å². The van der Waals surface area contributed by atoms with Crippen molar-refractivity contribution in [3.05, 3.63) is 38.3 Å². The molecule has 0 bridgehead atoms. The second kappa shape index (κ2) is 6.45. The zero-order chi connectivity index (χ0) is 13.8. The first-order chi connectivity index (χ1) is 9.06. The topological polar surface area (TPSA) is 72.6 Å². The highest BCUT2D eigenvalue weighted by Gasteiger charge is 2.20. The highest BCUT2D eigenvalue weighted by molar-refractivity contribution is 9.10. The fourth-order valence-electron chi connectivity index (χ4n) is 2.19. The van der Waals surface area contributed by atoms with Crippen LogP contribution in [0.4, 0.5) is 5.69 Å². The maximum absolute atomic E-state index is 10.6. The van der Waals surface area contributed by atoms with Crippen molar-refractivity contribution in [2.24, 2.45) is 0 Å². The highest BCUT2D eigenvalue weighted by atomic mass is 79.9. The molecule has 104 valence electrons. The molecule has 6 heteroatoms. The van der Waals surface area contributed by atoms with Gasteiger partial charge in [0.25, 0.3) is 5.69 Å². The SMILES string of the molecule is O=[N+]([O-])c1ccc(COC2CCC(O)CC2)c(Br)c1. The number of nitro groups is 1. The van der Waals surface area contributed by atoms with E-state index in [1.54, 1.807) is 6.07 Å². The lowest BCUT2D eigenvalue weighted by Crippen LogP contribution is -2.24. The quantitative estimate of drug-likeness (QED) is 0.680. The Labute approximate surface area is 119 Å². The van der Waals surface area contributed by atoms with Crippen molar-refractivity contribution in [3.63, 3.8) is 0 Å². The summed E-state index contributed by atoms with van der Waals surface area (Å²) >= 11 is 3.33. The summed E-state index contributed by atoms with van der Waals surface area (Å²) in [5, 5.41) is 20.0. The van der Waals surface area contributed by atoms with E-state index in [9.17, 15) is 15.2 Å². The minimum atomic E-state index is -0.419. The first kappa shape index (κ1) is 14.4. The average Bonchev–Trinajstić information content (AvgIpc) is 2.39. The van der Waals surface area contributed by atoms with E-state index in [-0.39, 0.29) is 17.9 Å². The largest absolute Gasteiger partial charge is 0.393 e. The number of nitrogens with zero attached hydrogens (tertiary/aromatic N) is 1. The Hall–Kier alpha value is -0.980. The van der Waals surface area contributed by atoms with Crippen molar-refractivity contribution >= 4 is 21.6 Å². The van der Waals surface area contributed by atoms with Crippen LogP contribution in [0, 0.1) is 10.1 Å². The molecule has 5 nitrogen and oxygen atoms in total. The van der Waals surface area contributed by atoms with Crippen LogP contribution in [-0.2, 0) is 11.3 Å². The predicted molar refractivity (Wildman–Crippen MR) is 73.8 cm³/mol. The first-order valence-electron chi connectivity index (χ1n) is 6.28. The van der Waals surface area contributed by atoms with Crippen molar-refractivity contribution in [3.8, 4) is 0 Å². The van der Waals surface area contributed by atoms with Gasteiger partial charge in [-0.2, -0.15) is 0 Å². The second-order valence-corrected chi connectivity index (χ2v) is 5.63. The van der Waals surface area contributed by atoms with Crippen LogP contribution >= 0.6 is 15.9 Å². The van der Waals surface area contributed by atoms with Gasteiger partial charge in [0.2, 0.25) is 0 Å². The lowest BCUT2D eigenvalue weighted by molar-refractivity contribution is -0.384. The van der Waals surface area contributed by atoms with Crippen molar-refractivity contribution in [2.45, 2.75) is 44.5 Å². The van der Waals surface area contributed by atoms with Gasteiger partial charge >= 0.3 is 0 Å². The van der Waals surface area contributed by atoms with Crippen molar-refractivity contribution < 1.29 is 14.8 Å². The number of hydrogen-bond donors (Lipinski definition) is 1. The van der Waals surface area contributed by atoms with Crippen LogP contribution in [0.15, 0.2) is 22.7 Å². The van der Waals surface area contributed by atoms with Crippen molar-refractivity contribution in [2.75, 3.05) is 0 Å². The lowest BCUT2D eigenvalue weighted by Gasteiger charge is -2.25. The average molecular weight is 330 g/mol. The van der Waals surface area contributed by atoms with Crippen LogP contribution in [0.3, 0.4) is 0 Å². The second-order valence-electron chi connectivity index (χ2n) is 4.77. The van der Waals surface area contributed by atoms with Crippen LogP contribution in [0.25, 0.3) is 0 Å². The number of aliphatic hydroxyl groups excluding tert-OH is 1. The Balaban J connectivity index is 1.91. The Kier molecular flexibility index (Phi) is 4.90. The molecule has 1 saturated carbocycles. The monoisotopic (exact) mass is 329 g/mol. The molecule has 0 saturated heterocycles. The molecule has 0 aromatic heterocycles. The first-order valence-corrected chi connectivity index (χ1v) is 7.08. The van der Waals surface area contributed by atoms with E-state index in [0.717, 1.165) is 31.2 Å². The molecule has 1 aliphatic rings. The van der Waals surface area contributed by atoms with E-state index in [1.807, 2.05) is 0 Å². The van der Waals surface area contributed by atoms with Gasteiger partial charge in [-0.25, -0.2) is 0 Å². The molecule has 19 heavy (non-hydrogen) atoms. The van der Waals surface area contributed by atoms with Crippen molar-refractivity contribution in [1.82, 2.24) is 0 Å². The molecular weight excluding hydrogens is 314 g/mol. The summed E-state index contributed by atoms with van der Waals surface area (Å²) < 4.78 is 6.48. The van der Waals surface area contributed by atoms with E-state index in [0.29, 0.717) is 11.1 Å². The van der Waals surface area contributed by atoms with Gasteiger partial charge < -0.3 is 9.84 Å². The standard InChI is InChI=1S/C13H16BrNO4/c14-13-7-10(15(17)18)2-1-9(13)8-19-12-5-3-11(16)4-6-12/h1-2,7,11-12,16H,3-6,8H2. The predicted octanol–water partition coefficient (Wildman–Crippen LogP) is 3.18. The zero-order valence-electron chi connectivity index (χ0n) is 10.4. The number of aliphatic hydroxyl groups is 1. The van der Waals surface area contributed by atoms with E-state index >= 15 is 0 Å². The smallest absolute Gasteiger partial charge is 0.270 e. The Morgan fingerprint density at radius 3 is 2.63 bits per heavy atom. The number of nitro benzene ring substituents is 1. The van der Waals surface area contributed by atoms with Gasteiger partial charge in [0.1, 0.15) is 0 Å². The molecule has 0 spiro atoms. The maximum Gasteiger partial charge on any atom is 0.270 e. The van der Waals surface area contributed by atoms with E-state index < -0.39 is 4.92 Å². The van der Waals surface area contributed by atoms with Crippen LogP contribution in [0.1, 0.15) is 31.2 Å². The number of rotatable bonds is 4. The summed E-state index contributed by atoms with van der Waals surface area (Å²) in [6, 6.07) is 4.68. The van der Waals surface area contributed by atoms with Crippen LogP contribution in [0.2, 0.25) is 0 Å². The third-order valence-electron chi connectivity index (χ3n) is 3.37. The summed E-state index contributed by atoms with van der Waals surface area (Å²) in [5.74, 6) is 0. The van der Waals surface area contributed by atoms with Gasteiger partial charge in [-0.15, -0.1) is 0 Å². The van der Waals surface area contributed by atoms with E-state index in [4.69, 9.17) is 4.74 Å². The summed E-state index contributed by atoms with van der Waals surface area (Å²) in [6.07, 6.45) is 3.28. The number of benzene rings is 1. The molecule has 0 unspecified atom stereocenters. The van der Waals surface area contributed by atoms with Crippen LogP contribution in [0.5, 0.6) is 0 Å². The number of hydrogen-bond acceptors (Lipinski definition) is 4. The van der Waals surface area contributed by atoms with Crippen LogP contribution in [-0.4, -0.2) is 22.2 Å². The molecule has 1 N–H and O–H groups in total. The third-order valence-corrected chi connectivity index (χ3v) is 4.10. The summed E-state index contributed by atoms with van der Waals surface area (Å²) in [5.41, 5.74) is 0.966. The van der Waals surface area contributed by atoms with E-state index in [2.05, 4.69) is 15.9 Å². The van der Waals surface area contributed by atoms with Crippen LogP contribution < -0.4 is 0 Å². The van der Waals surface area contributed by atoms with Gasteiger partial charge in [0.15, 0.2) is 0 Å². The summed E-state index contributed by atoms with van der Waals surface area (Å²) in [7, 11) is 0. The maximum atomic E-state index is 10.6. The Morgan fingerprint density at radius 1 is 1.37 bits per heavy atom. The molecule has 2 rings (SSSR count).